The Kier molecular flexibility index (Phi) is 5.84. The highest BCUT2D eigenvalue weighted by atomic mass is 19.3. The first kappa shape index (κ1) is 19.0. The largest absolute Gasteiger partial charge is 0.476 e. The van der Waals surface area contributed by atoms with Crippen molar-refractivity contribution < 1.29 is 33.0 Å². The summed E-state index contributed by atoms with van der Waals surface area (Å²) in [7, 11) is 0. The van der Waals surface area contributed by atoms with Crippen molar-refractivity contribution in [2.24, 2.45) is 5.92 Å². The minimum absolute atomic E-state index is 0.0527. The number of nitrogens with zero attached hydrogens (tertiary/aromatic N) is 2. The van der Waals surface area contributed by atoms with Crippen LogP contribution in [0.25, 0.3) is 10.9 Å². The molecule has 2 aromatic rings. The second kappa shape index (κ2) is 8.30. The fourth-order valence-electron chi connectivity index (χ4n) is 3.47. The molecule has 8 nitrogen and oxygen atoms in total. The minimum atomic E-state index is -2.92. The molecule has 2 N–H and O–H groups in total. The number of carboxylic acids is 1. The fraction of sp³-hybridized carbons (Fsp3) is 0.471. The fourth-order valence-corrected chi connectivity index (χ4v) is 3.47. The smallest absolute Gasteiger partial charge is 0.387 e. The third-order valence-electron chi connectivity index (χ3n) is 4.79. The van der Waals surface area contributed by atoms with Crippen LogP contribution in [0.1, 0.15) is 23.3 Å². The Hall–Kier alpha value is -2.75. The quantitative estimate of drug-likeness (QED) is 0.762. The topological polar surface area (TPSA) is 105 Å². The van der Waals surface area contributed by atoms with Gasteiger partial charge in [0.2, 0.25) is 0 Å². The number of piperidine rings is 3. The van der Waals surface area contributed by atoms with Gasteiger partial charge in [0, 0.05) is 18.0 Å². The highest BCUT2D eigenvalue weighted by molar-refractivity contribution is 6.01. The van der Waals surface area contributed by atoms with E-state index < -0.39 is 12.6 Å². The van der Waals surface area contributed by atoms with E-state index in [9.17, 15) is 18.4 Å². The van der Waals surface area contributed by atoms with Crippen LogP contribution in [0.4, 0.5) is 8.78 Å². The molecule has 3 fully saturated rings. The number of rotatable bonds is 5. The van der Waals surface area contributed by atoms with Gasteiger partial charge in [-0.15, -0.1) is 0 Å². The number of ether oxygens (including phenoxy) is 2. The summed E-state index contributed by atoms with van der Waals surface area (Å²) in [6, 6.07) is 3.89. The number of H-pyrrole nitrogens is 1. The molecule has 4 heterocycles. The van der Waals surface area contributed by atoms with Crippen molar-refractivity contribution in [3.63, 3.8) is 0 Å². The molecule has 2 bridgehead atoms. The van der Waals surface area contributed by atoms with Crippen molar-refractivity contribution in [2.75, 3.05) is 19.6 Å². The van der Waals surface area contributed by atoms with Gasteiger partial charge >= 0.3 is 12.6 Å². The summed E-state index contributed by atoms with van der Waals surface area (Å²) in [6.07, 6.45) is 2.60. The van der Waals surface area contributed by atoms with E-state index in [4.69, 9.17) is 9.84 Å². The van der Waals surface area contributed by atoms with Crippen LogP contribution < -0.4 is 4.74 Å². The molecule has 0 unspecified atom stereocenters. The third-order valence-corrected chi connectivity index (χ3v) is 4.79. The standard InChI is InChI=1S/C9H6F2N2O3.C8H13NO2/c10-9(11)16-4-1-2-5-6(3-4)12-13-7(5)8(14)15;10-6-11-8-5-9-3-1-7(8)2-4-9/h1-3,9H,(H,12,13)(H,14,15);6-8H,1-5H2/t;8-/m.0/s1. The summed E-state index contributed by atoms with van der Waals surface area (Å²) < 4.78 is 33.0. The van der Waals surface area contributed by atoms with Gasteiger partial charge in [-0.05, 0) is 44.0 Å². The minimum Gasteiger partial charge on any atom is -0.476 e. The second-order valence-electron chi connectivity index (χ2n) is 6.37. The maximum Gasteiger partial charge on any atom is 0.387 e. The summed E-state index contributed by atoms with van der Waals surface area (Å²) in [5, 5.41) is 15.1. The van der Waals surface area contributed by atoms with Gasteiger partial charge in [0.15, 0.2) is 5.69 Å². The van der Waals surface area contributed by atoms with Gasteiger partial charge in [0.1, 0.15) is 11.9 Å². The lowest BCUT2D eigenvalue weighted by Crippen LogP contribution is -2.51. The molecule has 10 heteroatoms. The van der Waals surface area contributed by atoms with Crippen LogP contribution in [0.2, 0.25) is 0 Å². The zero-order chi connectivity index (χ0) is 19.4. The summed E-state index contributed by atoms with van der Waals surface area (Å²) in [5.74, 6) is -0.595. The Morgan fingerprint density at radius 3 is 2.67 bits per heavy atom. The number of carbonyl (C=O) groups is 2. The summed E-state index contributed by atoms with van der Waals surface area (Å²) in [5.41, 5.74) is 0.175. The van der Waals surface area contributed by atoms with Crippen LogP contribution in [-0.2, 0) is 9.53 Å². The SMILES string of the molecule is O=C(O)c1n[nH]c2cc(OC(F)F)ccc12.O=CO[C@H]1CN2CCC1CC2. The second-order valence-corrected chi connectivity index (χ2v) is 6.37. The van der Waals surface area contributed by atoms with Gasteiger partial charge in [-0.3, -0.25) is 14.8 Å². The summed E-state index contributed by atoms with van der Waals surface area (Å²) in [4.78, 5) is 23.2. The molecule has 0 spiro atoms. The summed E-state index contributed by atoms with van der Waals surface area (Å²) >= 11 is 0. The van der Waals surface area contributed by atoms with Crippen molar-refractivity contribution in [3.05, 3.63) is 23.9 Å². The molecule has 1 aromatic carbocycles. The number of nitrogens with one attached hydrogen (secondary N) is 1. The van der Waals surface area contributed by atoms with Crippen molar-refractivity contribution in [1.29, 1.82) is 0 Å². The first-order chi connectivity index (χ1) is 13.0. The Morgan fingerprint density at radius 1 is 1.37 bits per heavy atom. The van der Waals surface area contributed by atoms with E-state index >= 15 is 0 Å². The Balaban J connectivity index is 0.000000166. The van der Waals surface area contributed by atoms with Gasteiger partial charge in [-0.1, -0.05) is 0 Å². The van der Waals surface area contributed by atoms with E-state index in [0.29, 0.717) is 23.3 Å². The Bertz CT molecular complexity index is 805. The van der Waals surface area contributed by atoms with Gasteiger partial charge in [0.05, 0.1) is 5.52 Å². The van der Waals surface area contributed by atoms with Gasteiger partial charge in [-0.25, -0.2) is 4.79 Å². The van der Waals surface area contributed by atoms with Crippen molar-refractivity contribution in [1.82, 2.24) is 15.1 Å². The number of benzene rings is 1. The first-order valence-electron chi connectivity index (χ1n) is 8.45. The van der Waals surface area contributed by atoms with Gasteiger partial charge < -0.3 is 14.6 Å². The molecule has 1 atom stereocenters. The first-order valence-corrected chi connectivity index (χ1v) is 8.45. The molecule has 146 valence electrons. The third kappa shape index (κ3) is 4.51. The number of fused-ring (bicyclic) bond motifs is 4. The predicted octanol–water partition coefficient (Wildman–Crippen LogP) is 2.12. The average Bonchev–Trinajstić information content (AvgIpc) is 3.06. The highest BCUT2D eigenvalue weighted by Gasteiger charge is 2.35. The average molecular weight is 383 g/mol. The lowest BCUT2D eigenvalue weighted by atomic mass is 9.86. The molecule has 0 radical (unpaired) electrons. The number of carbonyl (C=O) groups excluding carboxylic acids is 1. The zero-order valence-corrected chi connectivity index (χ0v) is 14.3. The van der Waals surface area contributed by atoms with E-state index in [0.717, 1.165) is 6.54 Å². The van der Waals surface area contributed by atoms with Crippen LogP contribution in [0.5, 0.6) is 5.75 Å². The van der Waals surface area contributed by atoms with E-state index in [-0.39, 0.29) is 17.5 Å². The van der Waals surface area contributed by atoms with Crippen molar-refractivity contribution in [2.45, 2.75) is 25.6 Å². The van der Waals surface area contributed by atoms with E-state index in [2.05, 4.69) is 19.8 Å². The van der Waals surface area contributed by atoms with Gasteiger partial charge in [0.25, 0.3) is 6.47 Å². The van der Waals surface area contributed by atoms with Gasteiger partial charge in [-0.2, -0.15) is 13.9 Å². The normalized spacial score (nSPS) is 23.6. The number of aromatic amines is 1. The number of aromatic nitrogens is 2. The molecule has 3 saturated heterocycles. The summed E-state index contributed by atoms with van der Waals surface area (Å²) in [6.45, 7) is 1.03. The molecular formula is C17H19F2N3O5. The number of hydrogen-bond donors (Lipinski definition) is 2. The molecule has 3 aliphatic heterocycles. The molecule has 27 heavy (non-hydrogen) atoms. The van der Waals surface area contributed by atoms with E-state index in [1.165, 1.54) is 44.1 Å². The maximum atomic E-state index is 11.9. The monoisotopic (exact) mass is 383 g/mol. The van der Waals surface area contributed by atoms with Crippen LogP contribution in [0.15, 0.2) is 18.2 Å². The van der Waals surface area contributed by atoms with Crippen LogP contribution in [-0.4, -0.2) is 65.0 Å². The van der Waals surface area contributed by atoms with E-state index in [1.807, 2.05) is 0 Å². The zero-order valence-electron chi connectivity index (χ0n) is 14.3. The number of carboxylic acid groups (broad SMARTS) is 1. The molecule has 0 aliphatic carbocycles. The van der Waals surface area contributed by atoms with Crippen molar-refractivity contribution >= 4 is 23.3 Å². The molecular weight excluding hydrogens is 364 g/mol. The van der Waals surface area contributed by atoms with Crippen molar-refractivity contribution in [3.8, 4) is 5.75 Å². The molecule has 5 rings (SSSR count). The number of aromatic carboxylic acids is 1. The number of hydrogen-bond acceptors (Lipinski definition) is 6. The molecule has 3 aliphatic rings. The predicted molar refractivity (Wildman–Crippen MR) is 89.8 cm³/mol. The molecule has 0 amide bonds. The van der Waals surface area contributed by atoms with Crippen LogP contribution in [0.3, 0.4) is 0 Å². The number of alkyl halides is 2. The highest BCUT2D eigenvalue weighted by Crippen LogP contribution is 2.28. The van der Waals surface area contributed by atoms with Crippen LogP contribution in [0, 0.1) is 5.92 Å². The Labute approximate surface area is 153 Å². The maximum absolute atomic E-state index is 11.9. The lowest BCUT2D eigenvalue weighted by Gasteiger charge is -2.43. The number of halogens is 2. The van der Waals surface area contributed by atoms with Crippen LogP contribution >= 0.6 is 0 Å². The lowest BCUT2D eigenvalue weighted by molar-refractivity contribution is -0.143. The molecule has 1 aromatic heterocycles. The Morgan fingerprint density at radius 2 is 2.11 bits per heavy atom. The molecule has 0 saturated carbocycles. The van der Waals surface area contributed by atoms with E-state index in [1.54, 1.807) is 0 Å².